The number of likely N-dealkylation sites (tertiary alicyclic amines) is 1. The minimum Gasteiger partial charge on any atom is -0.363 e. The van der Waals surface area contributed by atoms with E-state index >= 15 is 0 Å². The number of carbonyl (C=O) groups is 1. The predicted octanol–water partition coefficient (Wildman–Crippen LogP) is 3.42. The van der Waals surface area contributed by atoms with Gasteiger partial charge in [-0.1, -0.05) is 0 Å². The van der Waals surface area contributed by atoms with Gasteiger partial charge in [0.15, 0.2) is 0 Å². The summed E-state index contributed by atoms with van der Waals surface area (Å²) in [6.07, 6.45) is 3.30. The molecule has 1 saturated heterocycles. The number of carbonyl (C=O) groups excluding carboxylic acids is 1. The van der Waals surface area contributed by atoms with Crippen molar-refractivity contribution >= 4 is 28.6 Å². The van der Waals surface area contributed by atoms with Gasteiger partial charge in [0, 0.05) is 17.5 Å². The second-order valence-electron chi connectivity index (χ2n) is 7.00. The van der Waals surface area contributed by atoms with Crippen molar-refractivity contribution in [3.8, 4) is 11.3 Å². The molecule has 134 valence electrons. The number of imidazole rings is 1. The molecule has 5 rings (SSSR count). The molecule has 7 heteroatoms. The number of thiophene rings is 2. The van der Waals surface area contributed by atoms with E-state index in [-0.39, 0.29) is 11.5 Å². The summed E-state index contributed by atoms with van der Waals surface area (Å²) in [6.45, 7) is 2.70. The third kappa shape index (κ3) is 2.80. The smallest absolute Gasteiger partial charge is 0.227 e. The van der Waals surface area contributed by atoms with Crippen molar-refractivity contribution in [1.82, 2.24) is 14.5 Å². The van der Waals surface area contributed by atoms with Crippen LogP contribution in [0.25, 0.3) is 11.3 Å². The Morgan fingerprint density at radius 1 is 1.23 bits per heavy atom. The fourth-order valence-electron chi connectivity index (χ4n) is 3.88. The van der Waals surface area contributed by atoms with Crippen LogP contribution in [0.4, 0.5) is 0 Å². The van der Waals surface area contributed by atoms with Crippen LogP contribution in [0.5, 0.6) is 0 Å². The standard InChI is InChI=1S/C19H19N3O2S2/c23-18(7-14-1-5-25-10-14)21-4-3-19(12-21)13-22-16(15-2-6-26-11-15)8-20-17(22)9-24-19/h1-2,5-6,8,10-11H,3-4,7,9,12-13H2/t19-/m0/s1. The monoisotopic (exact) mass is 385 g/mol. The average molecular weight is 386 g/mol. The lowest BCUT2D eigenvalue weighted by molar-refractivity contribution is -0.132. The zero-order chi connectivity index (χ0) is 17.6. The van der Waals surface area contributed by atoms with Crippen molar-refractivity contribution in [1.29, 1.82) is 0 Å². The Bertz CT molecular complexity index is 917. The van der Waals surface area contributed by atoms with Crippen LogP contribution >= 0.6 is 22.7 Å². The highest BCUT2D eigenvalue weighted by Gasteiger charge is 2.44. The summed E-state index contributed by atoms with van der Waals surface area (Å²) in [5.74, 6) is 1.17. The van der Waals surface area contributed by atoms with Crippen LogP contribution in [0.3, 0.4) is 0 Å². The van der Waals surface area contributed by atoms with Crippen molar-refractivity contribution < 1.29 is 9.53 Å². The molecule has 5 heterocycles. The summed E-state index contributed by atoms with van der Waals surface area (Å²) < 4.78 is 8.50. The average Bonchev–Trinajstić information content (AvgIpc) is 3.42. The first kappa shape index (κ1) is 16.2. The van der Waals surface area contributed by atoms with E-state index < -0.39 is 0 Å². The van der Waals surface area contributed by atoms with Gasteiger partial charge in [-0.15, -0.1) is 0 Å². The number of amides is 1. The zero-order valence-corrected chi connectivity index (χ0v) is 15.9. The molecule has 1 amide bonds. The van der Waals surface area contributed by atoms with Crippen molar-refractivity contribution in [3.05, 3.63) is 51.2 Å². The highest BCUT2D eigenvalue weighted by Crippen LogP contribution is 2.35. The Morgan fingerprint density at radius 2 is 2.12 bits per heavy atom. The van der Waals surface area contributed by atoms with E-state index in [1.807, 2.05) is 27.9 Å². The third-order valence-electron chi connectivity index (χ3n) is 5.31. The molecule has 5 nitrogen and oxygen atoms in total. The number of hydrogen-bond donors (Lipinski definition) is 0. The summed E-state index contributed by atoms with van der Waals surface area (Å²) in [7, 11) is 0. The predicted molar refractivity (Wildman–Crippen MR) is 102 cm³/mol. The van der Waals surface area contributed by atoms with E-state index in [2.05, 4.69) is 26.4 Å². The maximum Gasteiger partial charge on any atom is 0.227 e. The van der Waals surface area contributed by atoms with Crippen LogP contribution in [0, 0.1) is 0 Å². The molecule has 2 aliphatic heterocycles. The fourth-order valence-corrected chi connectivity index (χ4v) is 5.20. The summed E-state index contributed by atoms with van der Waals surface area (Å²) in [5.41, 5.74) is 3.16. The van der Waals surface area contributed by atoms with Crippen molar-refractivity contribution in [2.24, 2.45) is 0 Å². The number of aromatic nitrogens is 2. The summed E-state index contributed by atoms with van der Waals surface area (Å²) >= 11 is 3.33. The van der Waals surface area contributed by atoms with Gasteiger partial charge in [0.1, 0.15) is 18.0 Å². The molecule has 1 atom stereocenters. The SMILES string of the molecule is O=C(Cc1ccsc1)N1CC[C@]2(C1)Cn1c(-c3ccsc3)cnc1CO2. The Morgan fingerprint density at radius 3 is 2.92 bits per heavy atom. The molecule has 3 aromatic rings. The maximum atomic E-state index is 12.6. The second kappa shape index (κ2) is 6.33. The van der Waals surface area contributed by atoms with Crippen LogP contribution in [0.2, 0.25) is 0 Å². The van der Waals surface area contributed by atoms with Gasteiger partial charge in [0.2, 0.25) is 5.91 Å². The molecule has 0 bridgehead atoms. The zero-order valence-electron chi connectivity index (χ0n) is 14.3. The minimum absolute atomic E-state index is 0.193. The Labute approximate surface area is 159 Å². The van der Waals surface area contributed by atoms with Crippen molar-refractivity contribution in [3.63, 3.8) is 0 Å². The molecule has 1 fully saturated rings. The number of ether oxygens (including phenoxy) is 1. The summed E-state index contributed by atoms with van der Waals surface area (Å²) in [4.78, 5) is 19.1. The molecule has 0 saturated carbocycles. The van der Waals surface area contributed by atoms with E-state index in [1.165, 1.54) is 5.56 Å². The summed E-state index contributed by atoms with van der Waals surface area (Å²) in [6, 6.07) is 4.15. The molecular formula is C19H19N3O2S2. The molecule has 1 spiro atoms. The highest BCUT2D eigenvalue weighted by molar-refractivity contribution is 7.08. The van der Waals surface area contributed by atoms with Gasteiger partial charge < -0.3 is 14.2 Å². The molecule has 0 unspecified atom stereocenters. The van der Waals surface area contributed by atoms with Gasteiger partial charge in [-0.05, 0) is 40.3 Å². The lowest BCUT2D eigenvalue weighted by Gasteiger charge is -2.35. The van der Waals surface area contributed by atoms with Crippen LogP contribution in [-0.2, 0) is 29.1 Å². The first-order chi connectivity index (χ1) is 12.7. The molecule has 0 N–H and O–H groups in total. The number of rotatable bonds is 3. The Kier molecular flexibility index (Phi) is 3.95. The van der Waals surface area contributed by atoms with Gasteiger partial charge in [-0.3, -0.25) is 4.79 Å². The first-order valence-electron chi connectivity index (χ1n) is 8.72. The quantitative estimate of drug-likeness (QED) is 0.694. The molecule has 26 heavy (non-hydrogen) atoms. The fraction of sp³-hybridized carbons (Fsp3) is 0.368. The summed E-state index contributed by atoms with van der Waals surface area (Å²) in [5, 5.41) is 8.30. The van der Waals surface area contributed by atoms with Gasteiger partial charge in [-0.2, -0.15) is 22.7 Å². The normalized spacial score (nSPS) is 22.1. The molecule has 0 aromatic carbocycles. The third-order valence-corrected chi connectivity index (χ3v) is 6.73. The van der Waals surface area contributed by atoms with Crippen molar-refractivity contribution in [2.45, 2.75) is 31.6 Å². The van der Waals surface area contributed by atoms with Crippen molar-refractivity contribution in [2.75, 3.05) is 13.1 Å². The molecular weight excluding hydrogens is 366 g/mol. The van der Waals surface area contributed by atoms with Gasteiger partial charge in [0.25, 0.3) is 0 Å². The number of hydrogen-bond acceptors (Lipinski definition) is 5. The molecule has 0 radical (unpaired) electrons. The molecule has 0 aliphatic carbocycles. The Balaban J connectivity index is 1.34. The lowest BCUT2D eigenvalue weighted by Crippen LogP contribution is -2.45. The van der Waals surface area contributed by atoms with E-state index in [0.29, 0.717) is 19.6 Å². The molecule has 2 aliphatic rings. The van der Waals surface area contributed by atoms with Gasteiger partial charge in [-0.25, -0.2) is 4.98 Å². The maximum absolute atomic E-state index is 12.6. The van der Waals surface area contributed by atoms with E-state index in [9.17, 15) is 4.79 Å². The number of fused-ring (bicyclic) bond motifs is 1. The van der Waals surface area contributed by atoms with Crippen LogP contribution in [0.1, 0.15) is 17.8 Å². The highest BCUT2D eigenvalue weighted by atomic mass is 32.1. The Hall–Kier alpha value is -1.96. The van der Waals surface area contributed by atoms with Crippen LogP contribution in [-0.4, -0.2) is 39.0 Å². The van der Waals surface area contributed by atoms with E-state index in [0.717, 1.165) is 36.6 Å². The minimum atomic E-state index is -0.289. The van der Waals surface area contributed by atoms with Gasteiger partial charge >= 0.3 is 0 Å². The van der Waals surface area contributed by atoms with E-state index in [1.54, 1.807) is 22.7 Å². The van der Waals surface area contributed by atoms with Crippen LogP contribution < -0.4 is 0 Å². The lowest BCUT2D eigenvalue weighted by atomic mass is 10.0. The van der Waals surface area contributed by atoms with Crippen LogP contribution in [0.15, 0.2) is 39.8 Å². The second-order valence-corrected chi connectivity index (χ2v) is 8.56. The number of nitrogens with zero attached hydrogens (tertiary/aromatic N) is 3. The van der Waals surface area contributed by atoms with E-state index in [4.69, 9.17) is 4.74 Å². The molecule has 3 aromatic heterocycles. The topological polar surface area (TPSA) is 47.4 Å². The van der Waals surface area contributed by atoms with Gasteiger partial charge in [0.05, 0.1) is 31.4 Å². The largest absolute Gasteiger partial charge is 0.363 e. The first-order valence-corrected chi connectivity index (χ1v) is 10.6.